The topological polar surface area (TPSA) is 17.0 Å². The number of rotatable bonds is 1. The van der Waals surface area contributed by atoms with Gasteiger partial charge in [0.2, 0.25) is 5.52 Å². The van der Waals surface area contributed by atoms with Gasteiger partial charge >= 0.3 is 0 Å². The van der Waals surface area contributed by atoms with Crippen molar-refractivity contribution in [3.8, 4) is 11.3 Å². The second-order valence-corrected chi connectivity index (χ2v) is 9.00. The average Bonchev–Trinajstić information content (AvgIpc) is 3.23. The summed E-state index contributed by atoms with van der Waals surface area (Å²) in [7, 11) is 1.90. The first kappa shape index (κ1) is 14.5. The van der Waals surface area contributed by atoms with Crippen LogP contribution in [0.15, 0.2) is 65.2 Å². The molecule has 2 heteroatoms. The highest BCUT2D eigenvalue weighted by Gasteiger charge is 2.24. The minimum Gasteiger partial charge on any atom is -0.455 e. The summed E-state index contributed by atoms with van der Waals surface area (Å²) in [5, 5.41) is 4.39. The zero-order valence-electron chi connectivity index (χ0n) is 25.1. The Morgan fingerprint density at radius 1 is 0.697 bits per heavy atom. The number of aryl methyl sites for hydroxylation is 6. The van der Waals surface area contributed by atoms with E-state index in [4.69, 9.17) is 12.6 Å². The van der Waals surface area contributed by atoms with Crippen LogP contribution in [0.2, 0.25) is 0 Å². The lowest BCUT2D eigenvalue weighted by Gasteiger charge is -2.12. The van der Waals surface area contributed by atoms with Crippen LogP contribution in [0.5, 0.6) is 0 Å². The lowest BCUT2D eigenvalue weighted by atomic mass is 9.91. The lowest BCUT2D eigenvalue weighted by Crippen LogP contribution is -2.28. The number of hydrogen-bond donors (Lipinski definition) is 0. The summed E-state index contributed by atoms with van der Waals surface area (Å²) >= 11 is 0. The van der Waals surface area contributed by atoms with Gasteiger partial charge in [0.15, 0.2) is 6.20 Å². The van der Waals surface area contributed by atoms with Gasteiger partial charge in [-0.15, -0.1) is 0 Å². The molecule has 2 nitrogen and oxygen atoms in total. The molecule has 0 N–H and O–H groups in total. The summed E-state index contributed by atoms with van der Waals surface area (Å²) in [6.45, 7) is 1.05. The standard InChI is InChI=1S/C31H28NO/c1-17-9-7-10-18(2)25(17)30-21(5)22-13-14-24-23-12-8-11-19(3)26(23)29-27(28(24)31(22)33-30)20(4)15-16-32(29)6/h7-16H,1-6H3/q+1/i4D3,5D3. The molecule has 0 saturated heterocycles. The fourth-order valence-corrected chi connectivity index (χ4v) is 5.39. The molecule has 6 aromatic rings. The summed E-state index contributed by atoms with van der Waals surface area (Å²) in [4.78, 5) is 0. The molecule has 33 heavy (non-hydrogen) atoms. The quantitative estimate of drug-likeness (QED) is 0.189. The van der Waals surface area contributed by atoms with Gasteiger partial charge in [0.05, 0.1) is 10.8 Å². The molecule has 0 aliphatic rings. The maximum atomic E-state index is 8.49. The Kier molecular flexibility index (Phi) is 3.04. The Bertz CT molecular complexity index is 1960. The van der Waals surface area contributed by atoms with Gasteiger partial charge in [-0.2, -0.15) is 0 Å². The molecular formula is C31H28NO+. The third-order valence-electron chi connectivity index (χ3n) is 6.94. The normalized spacial score (nSPS) is 15.4. The monoisotopic (exact) mass is 436 g/mol. The fourth-order valence-electron chi connectivity index (χ4n) is 5.39. The van der Waals surface area contributed by atoms with E-state index < -0.39 is 13.7 Å². The van der Waals surface area contributed by atoms with Crippen LogP contribution in [0.3, 0.4) is 0 Å². The molecule has 2 heterocycles. The molecule has 0 saturated carbocycles. The largest absolute Gasteiger partial charge is 0.455 e. The van der Waals surface area contributed by atoms with Crippen LogP contribution in [0.4, 0.5) is 0 Å². The zero-order valence-corrected chi connectivity index (χ0v) is 19.1. The van der Waals surface area contributed by atoms with Crippen molar-refractivity contribution in [1.82, 2.24) is 0 Å². The summed E-state index contributed by atoms with van der Waals surface area (Å²) in [5.74, 6) is 0.307. The number of aromatic nitrogens is 1. The average molecular weight is 437 g/mol. The highest BCUT2D eigenvalue weighted by Crippen LogP contribution is 2.44. The molecule has 162 valence electrons. The molecule has 0 aliphatic carbocycles. The predicted octanol–water partition coefficient (Wildman–Crippen LogP) is 7.93. The Hall–Kier alpha value is -3.65. The molecule has 6 rings (SSSR count). The van der Waals surface area contributed by atoms with Gasteiger partial charge in [-0.05, 0) is 67.5 Å². The van der Waals surface area contributed by atoms with E-state index in [1.54, 1.807) is 12.3 Å². The van der Waals surface area contributed by atoms with Gasteiger partial charge in [-0.3, -0.25) is 0 Å². The second kappa shape index (κ2) is 6.92. The van der Waals surface area contributed by atoms with Gasteiger partial charge in [-0.1, -0.05) is 48.5 Å². The Morgan fingerprint density at radius 2 is 1.39 bits per heavy atom. The Balaban J connectivity index is 1.97. The minimum absolute atomic E-state index is 0.144. The van der Waals surface area contributed by atoms with Gasteiger partial charge in [0, 0.05) is 36.2 Å². The van der Waals surface area contributed by atoms with Crippen molar-refractivity contribution >= 4 is 43.4 Å². The maximum absolute atomic E-state index is 8.49. The summed E-state index contributed by atoms with van der Waals surface area (Å²) < 4.78 is 59.3. The Morgan fingerprint density at radius 3 is 2.15 bits per heavy atom. The van der Waals surface area contributed by atoms with Crippen molar-refractivity contribution in [3.63, 3.8) is 0 Å². The van der Waals surface area contributed by atoms with E-state index in [9.17, 15) is 0 Å². The van der Waals surface area contributed by atoms with E-state index in [0.29, 0.717) is 27.5 Å². The molecule has 0 aliphatic heterocycles. The molecular weight excluding hydrogens is 402 g/mol. The van der Waals surface area contributed by atoms with Crippen molar-refractivity contribution < 1.29 is 17.2 Å². The van der Waals surface area contributed by atoms with E-state index in [-0.39, 0.29) is 11.1 Å². The molecule has 4 aromatic carbocycles. The highest BCUT2D eigenvalue weighted by atomic mass is 16.3. The lowest BCUT2D eigenvalue weighted by molar-refractivity contribution is -0.644. The number of furan rings is 1. The van der Waals surface area contributed by atoms with Crippen molar-refractivity contribution in [2.45, 2.75) is 34.5 Å². The molecule has 0 spiro atoms. The highest BCUT2D eigenvalue weighted by molar-refractivity contribution is 6.30. The van der Waals surface area contributed by atoms with Gasteiger partial charge in [-0.25, -0.2) is 4.57 Å². The molecule has 2 aromatic heterocycles. The third kappa shape index (κ3) is 2.64. The number of nitrogens with zero attached hydrogens (tertiary/aromatic N) is 1. The number of fused-ring (bicyclic) bond motifs is 8. The first-order valence-corrected chi connectivity index (χ1v) is 11.1. The molecule has 0 amide bonds. The molecule has 0 radical (unpaired) electrons. The SMILES string of the molecule is [2H]C([2H])([2H])c1c(-c2c(C)cccc2C)oc2c1ccc1c3cccc(C)c3c3c(c(C([2H])([2H])[2H])cc[n+]3C)c12. The number of benzene rings is 4. The Labute approximate surface area is 202 Å². The van der Waals surface area contributed by atoms with Crippen LogP contribution in [-0.4, -0.2) is 0 Å². The third-order valence-corrected chi connectivity index (χ3v) is 6.94. The predicted molar refractivity (Wildman–Crippen MR) is 139 cm³/mol. The summed E-state index contributed by atoms with van der Waals surface area (Å²) in [6.07, 6.45) is 1.78. The number of pyridine rings is 1. The van der Waals surface area contributed by atoms with E-state index in [1.807, 2.05) is 80.9 Å². The maximum Gasteiger partial charge on any atom is 0.221 e. The fraction of sp³-hybridized carbons (Fsp3) is 0.194. The molecule has 0 unspecified atom stereocenters. The summed E-state index contributed by atoms with van der Waals surface area (Å²) in [5.41, 5.74) is 5.10. The van der Waals surface area contributed by atoms with E-state index in [1.165, 1.54) is 0 Å². The minimum atomic E-state index is -2.45. The van der Waals surface area contributed by atoms with Crippen molar-refractivity contribution in [1.29, 1.82) is 0 Å². The van der Waals surface area contributed by atoms with Crippen LogP contribution in [0, 0.1) is 34.5 Å². The molecule has 0 fully saturated rings. The van der Waals surface area contributed by atoms with Gasteiger partial charge in [0.1, 0.15) is 18.4 Å². The molecule has 0 atom stereocenters. The second-order valence-electron chi connectivity index (χ2n) is 9.00. The van der Waals surface area contributed by atoms with E-state index in [0.717, 1.165) is 43.9 Å². The van der Waals surface area contributed by atoms with Crippen LogP contribution >= 0.6 is 0 Å². The smallest absolute Gasteiger partial charge is 0.221 e. The van der Waals surface area contributed by atoms with E-state index >= 15 is 0 Å². The van der Waals surface area contributed by atoms with E-state index in [2.05, 4.69) is 0 Å². The van der Waals surface area contributed by atoms with Gasteiger partial charge in [0.25, 0.3) is 0 Å². The summed E-state index contributed by atoms with van der Waals surface area (Å²) in [6, 6.07) is 17.2. The molecule has 0 bridgehead atoms. The first-order valence-electron chi connectivity index (χ1n) is 14.1. The number of hydrogen-bond acceptors (Lipinski definition) is 1. The van der Waals surface area contributed by atoms with Crippen LogP contribution in [-0.2, 0) is 7.05 Å². The van der Waals surface area contributed by atoms with Crippen LogP contribution in [0.25, 0.3) is 54.7 Å². The zero-order chi connectivity index (χ0) is 28.0. The van der Waals surface area contributed by atoms with Gasteiger partial charge < -0.3 is 4.42 Å². The first-order chi connectivity index (χ1) is 18.3. The van der Waals surface area contributed by atoms with Crippen LogP contribution < -0.4 is 4.57 Å². The van der Waals surface area contributed by atoms with Crippen molar-refractivity contribution in [3.05, 3.63) is 88.6 Å². The van der Waals surface area contributed by atoms with Crippen molar-refractivity contribution in [2.24, 2.45) is 7.05 Å². The van der Waals surface area contributed by atoms with Crippen LogP contribution in [0.1, 0.15) is 36.0 Å². The van der Waals surface area contributed by atoms with Crippen molar-refractivity contribution in [2.75, 3.05) is 0 Å².